The maximum absolute atomic E-state index is 5.86. The van der Waals surface area contributed by atoms with E-state index in [9.17, 15) is 0 Å². The number of aryl methyl sites for hydroxylation is 2. The van der Waals surface area contributed by atoms with E-state index in [0.29, 0.717) is 13.2 Å². The van der Waals surface area contributed by atoms with E-state index in [1.54, 1.807) is 0 Å². The van der Waals surface area contributed by atoms with Gasteiger partial charge in [-0.25, -0.2) is 4.68 Å². The van der Waals surface area contributed by atoms with Gasteiger partial charge in [0.1, 0.15) is 18.9 Å². The van der Waals surface area contributed by atoms with Crippen LogP contribution in [0.5, 0.6) is 11.5 Å². The number of benzene rings is 3. The third-order valence-electron chi connectivity index (χ3n) is 5.77. The molecule has 5 aromatic rings. The average Bonchev–Trinajstić information content (AvgIpc) is 3.19. The summed E-state index contributed by atoms with van der Waals surface area (Å²) in [5.41, 5.74) is 7.31. The van der Waals surface area contributed by atoms with Gasteiger partial charge in [-0.3, -0.25) is 4.98 Å². The number of pyridine rings is 1. The average molecular weight is 407 g/mol. The van der Waals surface area contributed by atoms with Gasteiger partial charge < -0.3 is 9.47 Å². The molecule has 3 heterocycles. The van der Waals surface area contributed by atoms with Gasteiger partial charge in [-0.2, -0.15) is 5.10 Å². The van der Waals surface area contributed by atoms with E-state index in [1.807, 2.05) is 23.0 Å². The molecular weight excluding hydrogens is 386 g/mol. The normalized spacial score (nSPS) is 13.1. The summed E-state index contributed by atoms with van der Waals surface area (Å²) in [4.78, 5) is 4.75. The molecule has 0 aliphatic carbocycles. The molecule has 0 N–H and O–H groups in total. The van der Waals surface area contributed by atoms with Crippen molar-refractivity contribution in [1.82, 2.24) is 14.8 Å². The molecule has 152 valence electrons. The predicted molar refractivity (Wildman–Crippen MR) is 122 cm³/mol. The van der Waals surface area contributed by atoms with Crippen LogP contribution in [0.25, 0.3) is 38.8 Å². The Balaban J connectivity index is 1.70. The Morgan fingerprint density at radius 2 is 1.42 bits per heavy atom. The van der Waals surface area contributed by atoms with Gasteiger partial charge in [0.15, 0.2) is 11.5 Å². The van der Waals surface area contributed by atoms with E-state index >= 15 is 0 Å². The second-order valence-electron chi connectivity index (χ2n) is 8.00. The summed E-state index contributed by atoms with van der Waals surface area (Å²) in [5.74, 6) is 1.49. The summed E-state index contributed by atoms with van der Waals surface area (Å²) in [5, 5.41) is 7.06. The molecule has 3 aromatic carbocycles. The van der Waals surface area contributed by atoms with Crippen LogP contribution in [0.2, 0.25) is 0 Å². The highest BCUT2D eigenvalue weighted by Gasteiger charge is 2.20. The maximum atomic E-state index is 5.86. The van der Waals surface area contributed by atoms with Gasteiger partial charge in [0.05, 0.1) is 16.7 Å². The van der Waals surface area contributed by atoms with Crippen LogP contribution < -0.4 is 9.47 Å². The van der Waals surface area contributed by atoms with Crippen molar-refractivity contribution in [3.63, 3.8) is 0 Å². The van der Waals surface area contributed by atoms with Crippen LogP contribution in [-0.2, 0) is 0 Å². The molecule has 1 aliphatic heterocycles. The van der Waals surface area contributed by atoms with Gasteiger partial charge in [-0.05, 0) is 32.0 Å². The Bertz CT molecular complexity index is 1430. The first-order valence-electron chi connectivity index (χ1n) is 10.4. The van der Waals surface area contributed by atoms with E-state index in [4.69, 9.17) is 19.6 Å². The highest BCUT2D eigenvalue weighted by molar-refractivity contribution is 6.09. The molecule has 0 unspecified atom stereocenters. The second-order valence-corrected chi connectivity index (χ2v) is 8.00. The van der Waals surface area contributed by atoms with E-state index in [1.165, 1.54) is 11.1 Å². The van der Waals surface area contributed by atoms with E-state index < -0.39 is 0 Å². The Kier molecular flexibility index (Phi) is 3.96. The first-order chi connectivity index (χ1) is 15.2. The van der Waals surface area contributed by atoms with Crippen LogP contribution in [0, 0.1) is 13.8 Å². The molecule has 0 bridgehead atoms. The fourth-order valence-electron chi connectivity index (χ4n) is 4.12. The van der Waals surface area contributed by atoms with Crippen molar-refractivity contribution in [2.45, 2.75) is 13.8 Å². The SMILES string of the molecule is Cc1ccc(-c2nn(-c3ccc(C)cc3)c3c2cnc2cc4c(cc23)OCCO4)cc1. The largest absolute Gasteiger partial charge is 0.486 e. The van der Waals surface area contributed by atoms with Crippen molar-refractivity contribution in [1.29, 1.82) is 0 Å². The molecule has 0 radical (unpaired) electrons. The molecule has 0 saturated carbocycles. The molecule has 0 atom stereocenters. The zero-order valence-electron chi connectivity index (χ0n) is 17.4. The van der Waals surface area contributed by atoms with Gasteiger partial charge in [-0.1, -0.05) is 47.5 Å². The van der Waals surface area contributed by atoms with Gasteiger partial charge in [0.25, 0.3) is 0 Å². The quantitative estimate of drug-likeness (QED) is 0.381. The minimum Gasteiger partial charge on any atom is -0.486 e. The standard InChI is InChI=1S/C26H21N3O2/c1-16-3-7-18(8-4-16)25-21-15-27-22-14-24-23(30-11-12-31-24)13-20(22)26(21)29(28-25)19-9-5-17(2)6-10-19/h3-10,13-15H,11-12H2,1-2H3. The lowest BCUT2D eigenvalue weighted by atomic mass is 10.1. The lowest BCUT2D eigenvalue weighted by molar-refractivity contribution is 0.172. The van der Waals surface area contributed by atoms with Crippen LogP contribution in [-0.4, -0.2) is 28.0 Å². The number of rotatable bonds is 2. The number of aromatic nitrogens is 3. The lowest BCUT2D eigenvalue weighted by Crippen LogP contribution is -2.15. The summed E-state index contributed by atoms with van der Waals surface area (Å²) < 4.78 is 13.7. The molecule has 5 nitrogen and oxygen atoms in total. The van der Waals surface area contributed by atoms with Crippen molar-refractivity contribution in [3.05, 3.63) is 78.0 Å². The third-order valence-corrected chi connectivity index (χ3v) is 5.77. The summed E-state index contributed by atoms with van der Waals surface area (Å²) in [6.07, 6.45) is 1.92. The number of hydrogen-bond acceptors (Lipinski definition) is 4. The smallest absolute Gasteiger partial charge is 0.163 e. The third kappa shape index (κ3) is 2.93. The van der Waals surface area contributed by atoms with Crippen molar-refractivity contribution >= 4 is 21.8 Å². The molecule has 2 aromatic heterocycles. The minimum atomic E-state index is 0.549. The highest BCUT2D eigenvalue weighted by Crippen LogP contribution is 2.39. The zero-order chi connectivity index (χ0) is 20.9. The number of hydrogen-bond donors (Lipinski definition) is 0. The van der Waals surface area contributed by atoms with E-state index in [2.05, 4.69) is 62.4 Å². The molecule has 1 aliphatic rings. The Labute approximate surface area is 179 Å². The van der Waals surface area contributed by atoms with Gasteiger partial charge in [-0.15, -0.1) is 0 Å². The topological polar surface area (TPSA) is 49.2 Å². The molecule has 31 heavy (non-hydrogen) atoms. The van der Waals surface area contributed by atoms with Crippen molar-refractivity contribution < 1.29 is 9.47 Å². The van der Waals surface area contributed by atoms with Gasteiger partial charge >= 0.3 is 0 Å². The predicted octanol–water partition coefficient (Wildman–Crippen LogP) is 5.63. The molecule has 0 saturated heterocycles. The molecule has 5 heteroatoms. The molecular formula is C26H21N3O2. The van der Waals surface area contributed by atoms with Gasteiger partial charge in [0.2, 0.25) is 0 Å². The fraction of sp³-hybridized carbons (Fsp3) is 0.154. The van der Waals surface area contributed by atoms with Crippen molar-refractivity contribution in [2.24, 2.45) is 0 Å². The van der Waals surface area contributed by atoms with Crippen LogP contribution in [0.1, 0.15) is 11.1 Å². The van der Waals surface area contributed by atoms with Gasteiger partial charge in [0, 0.05) is 28.6 Å². The monoisotopic (exact) mass is 407 g/mol. The minimum absolute atomic E-state index is 0.549. The van der Waals surface area contributed by atoms with Crippen LogP contribution in [0.15, 0.2) is 66.9 Å². The van der Waals surface area contributed by atoms with Crippen LogP contribution in [0.4, 0.5) is 0 Å². The number of ether oxygens (including phenoxy) is 2. The Morgan fingerprint density at radius 3 is 2.13 bits per heavy atom. The second kappa shape index (κ2) is 6.84. The molecule has 0 amide bonds. The van der Waals surface area contributed by atoms with Crippen LogP contribution in [0.3, 0.4) is 0 Å². The highest BCUT2D eigenvalue weighted by atomic mass is 16.6. The summed E-state index contributed by atoms with van der Waals surface area (Å²) in [6.45, 7) is 5.28. The van der Waals surface area contributed by atoms with E-state index in [0.717, 1.165) is 50.2 Å². The molecule has 6 rings (SSSR count). The summed E-state index contributed by atoms with van der Waals surface area (Å²) >= 11 is 0. The fourth-order valence-corrected chi connectivity index (χ4v) is 4.12. The molecule has 0 spiro atoms. The first-order valence-corrected chi connectivity index (χ1v) is 10.4. The first kappa shape index (κ1) is 18.0. The zero-order valence-corrected chi connectivity index (χ0v) is 17.4. The Hall–Kier alpha value is -3.86. The van der Waals surface area contributed by atoms with Crippen molar-refractivity contribution in [2.75, 3.05) is 13.2 Å². The summed E-state index contributed by atoms with van der Waals surface area (Å²) in [7, 11) is 0. The van der Waals surface area contributed by atoms with Crippen LogP contribution >= 0.6 is 0 Å². The molecule has 0 fully saturated rings. The van der Waals surface area contributed by atoms with Crippen molar-refractivity contribution in [3.8, 4) is 28.4 Å². The maximum Gasteiger partial charge on any atom is 0.163 e. The van der Waals surface area contributed by atoms with E-state index in [-0.39, 0.29) is 0 Å². The number of nitrogens with zero attached hydrogens (tertiary/aromatic N) is 3. The Morgan fingerprint density at radius 1 is 0.774 bits per heavy atom. The summed E-state index contributed by atoms with van der Waals surface area (Å²) in [6, 6.07) is 20.9. The number of fused-ring (bicyclic) bond motifs is 4. The lowest BCUT2D eigenvalue weighted by Gasteiger charge is -2.19.